The zero-order valence-electron chi connectivity index (χ0n) is 15.5. The van der Waals surface area contributed by atoms with Crippen LogP contribution in [0.3, 0.4) is 0 Å². The Balaban J connectivity index is 1.71. The molecule has 0 unspecified atom stereocenters. The molecule has 1 aliphatic rings. The smallest absolute Gasteiger partial charge is 0.269 e. The van der Waals surface area contributed by atoms with Gasteiger partial charge in [-0.2, -0.15) is 8.42 Å². The summed E-state index contributed by atoms with van der Waals surface area (Å²) in [6, 6.07) is 11.3. The summed E-state index contributed by atoms with van der Waals surface area (Å²) in [7, 11) is -4.26. The molecule has 0 saturated heterocycles. The molecule has 6 nitrogen and oxygen atoms in total. The maximum Gasteiger partial charge on any atom is 0.269 e. The highest BCUT2D eigenvalue weighted by Crippen LogP contribution is 2.35. The first-order valence-electron chi connectivity index (χ1n) is 9.18. The molecule has 29 heavy (non-hydrogen) atoms. The van der Waals surface area contributed by atoms with E-state index >= 15 is 0 Å². The number of halogens is 1. The second kappa shape index (κ2) is 7.88. The largest absolute Gasteiger partial charge is 0.471 e. The fraction of sp³-hybridized carbons (Fsp3) is 0.238. The molecule has 0 amide bonds. The van der Waals surface area contributed by atoms with Gasteiger partial charge < -0.3 is 4.74 Å². The molecule has 0 saturated carbocycles. The zero-order chi connectivity index (χ0) is 20.4. The third kappa shape index (κ3) is 4.78. The molecule has 0 spiro atoms. The first kappa shape index (κ1) is 19.5. The predicted octanol–water partition coefficient (Wildman–Crippen LogP) is 3.74. The van der Waals surface area contributed by atoms with Crippen molar-refractivity contribution in [3.05, 3.63) is 77.0 Å². The van der Waals surface area contributed by atoms with Gasteiger partial charge in [-0.25, -0.2) is 9.37 Å². The Bertz CT molecular complexity index is 1150. The molecule has 1 aliphatic carbocycles. The van der Waals surface area contributed by atoms with Crippen LogP contribution in [0, 0.1) is 5.82 Å². The van der Waals surface area contributed by atoms with Crippen molar-refractivity contribution in [2.24, 2.45) is 0 Å². The van der Waals surface area contributed by atoms with Gasteiger partial charge in [-0.15, -0.1) is 0 Å². The molecule has 0 bridgehead atoms. The van der Waals surface area contributed by atoms with Crippen molar-refractivity contribution >= 4 is 10.1 Å². The number of aryl methyl sites for hydroxylation is 1. The van der Waals surface area contributed by atoms with E-state index in [0.717, 1.165) is 47.8 Å². The van der Waals surface area contributed by atoms with Crippen LogP contribution in [0.15, 0.2) is 48.7 Å². The molecule has 0 atom stereocenters. The molecular formula is C21H19FN2O4S. The van der Waals surface area contributed by atoms with E-state index < -0.39 is 21.7 Å². The molecule has 1 N–H and O–H groups in total. The summed E-state index contributed by atoms with van der Waals surface area (Å²) in [5.74, 6) is -0.804. The summed E-state index contributed by atoms with van der Waals surface area (Å²) in [5, 5.41) is 0. The third-order valence-corrected chi connectivity index (χ3v) is 5.44. The number of pyridine rings is 2. The standard InChI is InChI=1S/C21H19FN2O4S/c22-16-9-14(13-29(25,26)27)8-15(10-16)19-11-21(24-20-6-3-5-18(19)20)28-12-17-4-1-2-7-23-17/h1-2,4,7-11H,3,5-6,12-13H2,(H,25,26,27). The summed E-state index contributed by atoms with van der Waals surface area (Å²) >= 11 is 0. The average molecular weight is 414 g/mol. The van der Waals surface area contributed by atoms with Crippen molar-refractivity contribution in [2.75, 3.05) is 0 Å². The fourth-order valence-corrected chi connectivity index (χ4v) is 4.17. The second-order valence-electron chi connectivity index (χ2n) is 6.97. The topological polar surface area (TPSA) is 89.4 Å². The van der Waals surface area contributed by atoms with E-state index in [1.807, 2.05) is 18.2 Å². The van der Waals surface area contributed by atoms with Crippen LogP contribution >= 0.6 is 0 Å². The SMILES string of the molecule is O=S(=O)(O)Cc1cc(F)cc(-c2cc(OCc3ccccn3)nc3c2CCC3)c1. The van der Waals surface area contributed by atoms with Crippen LogP contribution in [0.5, 0.6) is 5.88 Å². The van der Waals surface area contributed by atoms with Gasteiger partial charge in [-0.1, -0.05) is 6.07 Å². The Morgan fingerprint density at radius 2 is 2.00 bits per heavy atom. The van der Waals surface area contributed by atoms with Gasteiger partial charge in [0.05, 0.1) is 5.69 Å². The zero-order valence-corrected chi connectivity index (χ0v) is 16.3. The number of aromatic nitrogens is 2. The molecule has 0 aliphatic heterocycles. The fourth-order valence-electron chi connectivity index (χ4n) is 3.58. The molecule has 3 aromatic rings. The van der Waals surface area contributed by atoms with Crippen LogP contribution in [-0.4, -0.2) is 22.9 Å². The Kier molecular flexibility index (Phi) is 5.29. The minimum absolute atomic E-state index is 0.182. The van der Waals surface area contributed by atoms with Crippen LogP contribution in [0.1, 0.15) is 28.9 Å². The number of benzene rings is 1. The normalized spacial score (nSPS) is 13.3. The van der Waals surface area contributed by atoms with Crippen LogP contribution in [0.4, 0.5) is 4.39 Å². The molecule has 4 rings (SSSR count). The van der Waals surface area contributed by atoms with E-state index in [0.29, 0.717) is 11.4 Å². The van der Waals surface area contributed by atoms with E-state index in [1.54, 1.807) is 18.3 Å². The first-order chi connectivity index (χ1) is 13.9. The molecule has 0 fully saturated rings. The van der Waals surface area contributed by atoms with Gasteiger partial charge >= 0.3 is 0 Å². The Morgan fingerprint density at radius 3 is 2.76 bits per heavy atom. The van der Waals surface area contributed by atoms with E-state index in [1.165, 1.54) is 6.07 Å². The number of hydrogen-bond acceptors (Lipinski definition) is 5. The minimum atomic E-state index is -4.26. The van der Waals surface area contributed by atoms with Gasteiger partial charge in [0.1, 0.15) is 18.2 Å². The third-order valence-electron chi connectivity index (χ3n) is 4.74. The molecule has 0 radical (unpaired) electrons. The highest BCUT2D eigenvalue weighted by molar-refractivity contribution is 7.85. The molecule has 150 valence electrons. The molecule has 1 aromatic carbocycles. The number of rotatable bonds is 6. The summed E-state index contributed by atoms with van der Waals surface area (Å²) in [5.41, 5.74) is 4.16. The molecular weight excluding hydrogens is 395 g/mol. The van der Waals surface area contributed by atoms with Crippen LogP contribution in [-0.2, 0) is 35.3 Å². The van der Waals surface area contributed by atoms with E-state index in [4.69, 9.17) is 9.29 Å². The number of hydrogen-bond donors (Lipinski definition) is 1. The first-order valence-corrected chi connectivity index (χ1v) is 10.8. The number of fused-ring (bicyclic) bond motifs is 1. The lowest BCUT2D eigenvalue weighted by Crippen LogP contribution is -2.04. The molecule has 2 aromatic heterocycles. The minimum Gasteiger partial charge on any atom is -0.471 e. The van der Waals surface area contributed by atoms with Gasteiger partial charge in [-0.05, 0) is 71.8 Å². The monoisotopic (exact) mass is 414 g/mol. The lowest BCUT2D eigenvalue weighted by Gasteiger charge is -2.13. The van der Waals surface area contributed by atoms with Crippen LogP contribution in [0.2, 0.25) is 0 Å². The second-order valence-corrected chi connectivity index (χ2v) is 8.42. The van der Waals surface area contributed by atoms with Gasteiger partial charge in [-0.3, -0.25) is 9.54 Å². The summed E-state index contributed by atoms with van der Waals surface area (Å²) in [6.07, 6.45) is 4.23. The van der Waals surface area contributed by atoms with Crippen molar-refractivity contribution < 1.29 is 22.1 Å². The summed E-state index contributed by atoms with van der Waals surface area (Å²) in [6.45, 7) is 0.253. The number of nitrogens with zero attached hydrogens (tertiary/aromatic N) is 2. The van der Waals surface area contributed by atoms with E-state index in [9.17, 15) is 12.8 Å². The average Bonchev–Trinajstić information content (AvgIpc) is 3.13. The lowest BCUT2D eigenvalue weighted by molar-refractivity contribution is 0.288. The van der Waals surface area contributed by atoms with Gasteiger partial charge in [0.25, 0.3) is 10.1 Å². The van der Waals surface area contributed by atoms with Crippen molar-refractivity contribution in [3.8, 4) is 17.0 Å². The van der Waals surface area contributed by atoms with Crippen LogP contribution < -0.4 is 4.74 Å². The van der Waals surface area contributed by atoms with Gasteiger partial charge in [0.15, 0.2) is 0 Å². The Morgan fingerprint density at radius 1 is 1.14 bits per heavy atom. The quantitative estimate of drug-likeness (QED) is 0.618. The highest BCUT2D eigenvalue weighted by Gasteiger charge is 2.21. The van der Waals surface area contributed by atoms with Crippen molar-refractivity contribution in [1.29, 1.82) is 0 Å². The Labute approximate surface area is 168 Å². The van der Waals surface area contributed by atoms with E-state index in [-0.39, 0.29) is 12.2 Å². The molecule has 2 heterocycles. The van der Waals surface area contributed by atoms with Gasteiger partial charge in [0.2, 0.25) is 5.88 Å². The summed E-state index contributed by atoms with van der Waals surface area (Å²) in [4.78, 5) is 8.80. The predicted molar refractivity (Wildman–Crippen MR) is 105 cm³/mol. The molecule has 8 heteroatoms. The maximum absolute atomic E-state index is 14.2. The maximum atomic E-state index is 14.2. The van der Waals surface area contributed by atoms with E-state index in [2.05, 4.69) is 9.97 Å². The Hall–Kier alpha value is -2.84. The van der Waals surface area contributed by atoms with Gasteiger partial charge in [0, 0.05) is 18.0 Å². The summed E-state index contributed by atoms with van der Waals surface area (Å²) < 4.78 is 51.5. The number of ether oxygens (including phenoxy) is 1. The van der Waals surface area contributed by atoms with Crippen molar-refractivity contribution in [2.45, 2.75) is 31.6 Å². The highest BCUT2D eigenvalue weighted by atomic mass is 32.2. The van der Waals surface area contributed by atoms with Crippen molar-refractivity contribution in [1.82, 2.24) is 9.97 Å². The van der Waals surface area contributed by atoms with Crippen molar-refractivity contribution in [3.63, 3.8) is 0 Å². The lowest BCUT2D eigenvalue weighted by atomic mass is 9.98. The van der Waals surface area contributed by atoms with Crippen LogP contribution in [0.25, 0.3) is 11.1 Å².